The van der Waals surface area contributed by atoms with Crippen LogP contribution >= 0.6 is 0 Å². The van der Waals surface area contributed by atoms with Gasteiger partial charge in [-0.15, -0.1) is 0 Å². The van der Waals surface area contributed by atoms with Crippen LogP contribution < -0.4 is 10.0 Å². The lowest BCUT2D eigenvalue weighted by Gasteiger charge is -2.31. The Hall–Kier alpha value is -1.44. The Labute approximate surface area is 111 Å². The molecule has 1 aromatic carbocycles. The zero-order chi connectivity index (χ0) is 14.0. The molecule has 3 N–H and O–H groups in total. The molecule has 0 bridgehead atoms. The minimum atomic E-state index is -3.56. The third-order valence-corrected chi connectivity index (χ3v) is 4.46. The number of anilines is 1. The number of hydrogen-bond donors (Lipinski definition) is 3. The number of nitrogens with one attached hydrogen (secondary N) is 2. The number of benzene rings is 1. The summed E-state index contributed by atoms with van der Waals surface area (Å²) in [6.07, 6.45) is 0.488. The topological polar surface area (TPSA) is 95.5 Å². The lowest BCUT2D eigenvalue weighted by atomic mass is 9.91. The Balaban J connectivity index is 2.06. The zero-order valence-corrected chi connectivity index (χ0v) is 11.3. The number of rotatable bonds is 4. The van der Waals surface area contributed by atoms with E-state index in [0.717, 1.165) is 0 Å². The van der Waals surface area contributed by atoms with Gasteiger partial charge in [-0.05, 0) is 37.1 Å². The standard InChI is InChI=1S/C12H16N2O4S/c1-8(15)13-9-2-4-12(5-3-9)19(17,18)14-10-6-11(16)7-10/h2-5,10-11,14,16H,6-7H2,1H3,(H,13,15). The van der Waals surface area contributed by atoms with Crippen LogP contribution in [0.3, 0.4) is 0 Å². The quantitative estimate of drug-likeness (QED) is 0.748. The van der Waals surface area contributed by atoms with Crippen LogP contribution in [0.5, 0.6) is 0 Å². The summed E-state index contributed by atoms with van der Waals surface area (Å²) >= 11 is 0. The molecule has 0 atom stereocenters. The van der Waals surface area contributed by atoms with E-state index in [-0.39, 0.29) is 16.8 Å². The van der Waals surface area contributed by atoms with E-state index < -0.39 is 16.1 Å². The van der Waals surface area contributed by atoms with Gasteiger partial charge in [-0.3, -0.25) is 4.79 Å². The first kappa shape index (κ1) is 14.0. The van der Waals surface area contributed by atoms with Gasteiger partial charge in [-0.25, -0.2) is 13.1 Å². The minimum Gasteiger partial charge on any atom is -0.393 e. The summed E-state index contributed by atoms with van der Waals surface area (Å²) in [5, 5.41) is 11.7. The van der Waals surface area contributed by atoms with Crippen LogP contribution in [0.1, 0.15) is 19.8 Å². The van der Waals surface area contributed by atoms with E-state index >= 15 is 0 Å². The van der Waals surface area contributed by atoms with E-state index in [0.29, 0.717) is 18.5 Å². The number of carbonyl (C=O) groups is 1. The molecule has 1 aromatic rings. The van der Waals surface area contributed by atoms with Crippen LogP contribution in [0.4, 0.5) is 5.69 Å². The molecular weight excluding hydrogens is 268 g/mol. The molecule has 19 heavy (non-hydrogen) atoms. The highest BCUT2D eigenvalue weighted by Gasteiger charge is 2.31. The molecular formula is C12H16N2O4S. The average molecular weight is 284 g/mol. The monoisotopic (exact) mass is 284 g/mol. The predicted octanol–water partition coefficient (Wildman–Crippen LogP) is 0.447. The van der Waals surface area contributed by atoms with Gasteiger partial charge in [0.2, 0.25) is 15.9 Å². The van der Waals surface area contributed by atoms with Crippen LogP contribution in [0.2, 0.25) is 0 Å². The first-order valence-electron chi connectivity index (χ1n) is 5.95. The third kappa shape index (κ3) is 3.52. The maximum absolute atomic E-state index is 12.0. The predicted molar refractivity (Wildman–Crippen MR) is 70.1 cm³/mol. The van der Waals surface area contributed by atoms with Gasteiger partial charge in [0.05, 0.1) is 11.0 Å². The number of hydrogen-bond acceptors (Lipinski definition) is 4. The van der Waals surface area contributed by atoms with Gasteiger partial charge in [0, 0.05) is 18.7 Å². The number of sulfonamides is 1. The highest BCUT2D eigenvalue weighted by molar-refractivity contribution is 7.89. The third-order valence-electron chi connectivity index (χ3n) is 2.92. The van der Waals surface area contributed by atoms with Gasteiger partial charge in [-0.2, -0.15) is 0 Å². The van der Waals surface area contributed by atoms with E-state index in [2.05, 4.69) is 10.0 Å². The van der Waals surface area contributed by atoms with E-state index in [1.54, 1.807) is 0 Å². The molecule has 0 radical (unpaired) electrons. The molecule has 0 unspecified atom stereocenters. The van der Waals surface area contributed by atoms with E-state index in [4.69, 9.17) is 5.11 Å². The second-order valence-electron chi connectivity index (χ2n) is 4.65. The number of amides is 1. The van der Waals surface area contributed by atoms with Gasteiger partial charge in [0.25, 0.3) is 0 Å². The maximum atomic E-state index is 12.0. The molecule has 0 aliphatic heterocycles. The van der Waals surface area contributed by atoms with Crippen molar-refractivity contribution in [2.75, 3.05) is 5.32 Å². The smallest absolute Gasteiger partial charge is 0.240 e. The molecule has 1 aliphatic rings. The van der Waals surface area contributed by atoms with E-state index in [1.165, 1.54) is 31.2 Å². The Morgan fingerprint density at radius 2 is 1.84 bits per heavy atom. The normalized spacial score (nSPS) is 22.6. The maximum Gasteiger partial charge on any atom is 0.240 e. The lowest BCUT2D eigenvalue weighted by Crippen LogP contribution is -2.46. The van der Waals surface area contributed by atoms with Crippen molar-refractivity contribution in [2.45, 2.75) is 36.8 Å². The van der Waals surface area contributed by atoms with Crippen LogP contribution in [0.15, 0.2) is 29.2 Å². The van der Waals surface area contributed by atoms with Gasteiger partial charge in [0.15, 0.2) is 0 Å². The summed E-state index contributed by atoms with van der Waals surface area (Å²) in [5.41, 5.74) is 0.547. The molecule has 104 valence electrons. The van der Waals surface area contributed by atoms with Crippen molar-refractivity contribution in [3.05, 3.63) is 24.3 Å². The summed E-state index contributed by atoms with van der Waals surface area (Å²) in [6.45, 7) is 1.38. The summed E-state index contributed by atoms with van der Waals surface area (Å²) in [5.74, 6) is -0.211. The number of aliphatic hydroxyl groups is 1. The zero-order valence-electron chi connectivity index (χ0n) is 10.5. The van der Waals surface area contributed by atoms with Crippen LogP contribution in [-0.4, -0.2) is 31.6 Å². The Morgan fingerprint density at radius 1 is 1.26 bits per heavy atom. The summed E-state index contributed by atoms with van der Waals surface area (Å²) in [7, 11) is -3.56. The minimum absolute atomic E-state index is 0.142. The summed E-state index contributed by atoms with van der Waals surface area (Å²) in [6, 6.07) is 5.73. The van der Waals surface area contributed by atoms with Crippen LogP contribution in [-0.2, 0) is 14.8 Å². The van der Waals surface area contributed by atoms with Crippen molar-refractivity contribution in [3.63, 3.8) is 0 Å². The lowest BCUT2D eigenvalue weighted by molar-refractivity contribution is -0.114. The molecule has 7 heteroatoms. The molecule has 2 rings (SSSR count). The molecule has 1 saturated carbocycles. The van der Waals surface area contributed by atoms with Crippen LogP contribution in [0.25, 0.3) is 0 Å². The number of carbonyl (C=O) groups excluding carboxylic acids is 1. The van der Waals surface area contributed by atoms with Crippen molar-refractivity contribution in [2.24, 2.45) is 0 Å². The van der Waals surface area contributed by atoms with E-state index in [9.17, 15) is 13.2 Å². The Bertz CT molecular complexity index is 562. The van der Waals surface area contributed by atoms with Crippen LogP contribution in [0, 0.1) is 0 Å². The largest absolute Gasteiger partial charge is 0.393 e. The Morgan fingerprint density at radius 3 is 2.32 bits per heavy atom. The molecule has 0 heterocycles. The van der Waals surface area contributed by atoms with Crippen molar-refractivity contribution in [1.82, 2.24) is 4.72 Å². The molecule has 1 amide bonds. The van der Waals surface area contributed by atoms with Gasteiger partial charge in [0.1, 0.15) is 0 Å². The second kappa shape index (κ2) is 5.28. The molecule has 1 aliphatic carbocycles. The SMILES string of the molecule is CC(=O)Nc1ccc(S(=O)(=O)NC2CC(O)C2)cc1. The van der Waals surface area contributed by atoms with Gasteiger partial charge in [-0.1, -0.05) is 0 Å². The molecule has 6 nitrogen and oxygen atoms in total. The fraction of sp³-hybridized carbons (Fsp3) is 0.417. The molecule has 1 fully saturated rings. The van der Waals surface area contributed by atoms with E-state index in [1.807, 2.05) is 0 Å². The second-order valence-corrected chi connectivity index (χ2v) is 6.36. The molecule has 0 spiro atoms. The van der Waals surface area contributed by atoms with Crippen molar-refractivity contribution < 1.29 is 18.3 Å². The first-order valence-corrected chi connectivity index (χ1v) is 7.43. The van der Waals surface area contributed by atoms with Crippen molar-refractivity contribution in [1.29, 1.82) is 0 Å². The molecule has 0 saturated heterocycles. The van der Waals surface area contributed by atoms with Gasteiger partial charge < -0.3 is 10.4 Å². The highest BCUT2D eigenvalue weighted by Crippen LogP contribution is 2.22. The first-order chi connectivity index (χ1) is 8.87. The molecule has 0 aromatic heterocycles. The van der Waals surface area contributed by atoms with Gasteiger partial charge >= 0.3 is 0 Å². The highest BCUT2D eigenvalue weighted by atomic mass is 32.2. The van der Waals surface area contributed by atoms with Crippen molar-refractivity contribution in [3.8, 4) is 0 Å². The fourth-order valence-corrected chi connectivity index (χ4v) is 3.15. The average Bonchev–Trinajstić information content (AvgIpc) is 2.26. The van der Waals surface area contributed by atoms with Crippen molar-refractivity contribution >= 4 is 21.6 Å². The fourth-order valence-electron chi connectivity index (χ4n) is 1.89. The summed E-state index contributed by atoms with van der Waals surface area (Å²) in [4.78, 5) is 11.0. The number of aliphatic hydroxyl groups excluding tert-OH is 1. The Kier molecular flexibility index (Phi) is 3.88. The summed E-state index contributed by atoms with van der Waals surface area (Å²) < 4.78 is 26.5.